The number of para-hydroxylation sites is 1. The van der Waals surface area contributed by atoms with Crippen molar-refractivity contribution in [3.8, 4) is 22.8 Å². The van der Waals surface area contributed by atoms with Gasteiger partial charge >= 0.3 is 0 Å². The molecule has 0 spiro atoms. The molecule has 6 aromatic rings. The molecule has 9 heteroatoms. The lowest BCUT2D eigenvalue weighted by molar-refractivity contribution is 0.0976. The second-order valence-corrected chi connectivity index (χ2v) is 9.00. The van der Waals surface area contributed by atoms with Crippen LogP contribution in [0.3, 0.4) is 0 Å². The van der Waals surface area contributed by atoms with Crippen molar-refractivity contribution in [3.63, 3.8) is 0 Å². The molecule has 0 aliphatic heterocycles. The highest BCUT2D eigenvalue weighted by Crippen LogP contribution is 2.39. The molecule has 0 radical (unpaired) electrons. The standard InChI is InChI=1S/C29H24FN5O3/c30-16-8-11-22-23(12-16)34-29(33-22)21-5-3-7-25-27(21)19-4-1-2-6-24(19)35(25)17-9-10-20(28(32)37)26(13-17)38-18(14-31)15-36/h1-13,18,36H,14-15,31H2,(H2,32,37)(H,33,34). The summed E-state index contributed by atoms with van der Waals surface area (Å²) >= 11 is 0. The summed E-state index contributed by atoms with van der Waals surface area (Å²) in [5.41, 5.74) is 16.2. The summed E-state index contributed by atoms with van der Waals surface area (Å²) < 4.78 is 21.8. The molecule has 0 saturated carbocycles. The smallest absolute Gasteiger partial charge is 0.252 e. The van der Waals surface area contributed by atoms with E-state index in [1.54, 1.807) is 24.3 Å². The summed E-state index contributed by atoms with van der Waals surface area (Å²) in [7, 11) is 0. The van der Waals surface area contributed by atoms with Crippen molar-refractivity contribution in [1.82, 2.24) is 14.5 Å². The number of halogens is 1. The lowest BCUT2D eigenvalue weighted by Gasteiger charge is -2.18. The number of hydrogen-bond donors (Lipinski definition) is 4. The van der Waals surface area contributed by atoms with Crippen molar-refractivity contribution >= 4 is 38.7 Å². The number of fused-ring (bicyclic) bond motifs is 4. The lowest BCUT2D eigenvalue weighted by Crippen LogP contribution is -2.31. The van der Waals surface area contributed by atoms with E-state index >= 15 is 0 Å². The van der Waals surface area contributed by atoms with Gasteiger partial charge in [0.25, 0.3) is 5.91 Å². The second kappa shape index (κ2) is 9.29. The van der Waals surface area contributed by atoms with Crippen LogP contribution in [-0.2, 0) is 0 Å². The van der Waals surface area contributed by atoms with Crippen LogP contribution in [0.5, 0.6) is 5.75 Å². The first-order valence-electron chi connectivity index (χ1n) is 12.1. The minimum absolute atomic E-state index is 0.0685. The Balaban J connectivity index is 1.60. The summed E-state index contributed by atoms with van der Waals surface area (Å²) in [6, 6.07) is 23.5. The Bertz CT molecular complexity index is 1840. The van der Waals surface area contributed by atoms with Crippen molar-refractivity contribution < 1.29 is 19.0 Å². The van der Waals surface area contributed by atoms with E-state index in [9.17, 15) is 14.3 Å². The largest absolute Gasteiger partial charge is 0.486 e. The van der Waals surface area contributed by atoms with Gasteiger partial charge < -0.3 is 30.9 Å². The first kappa shape index (κ1) is 23.7. The van der Waals surface area contributed by atoms with Gasteiger partial charge in [0, 0.05) is 34.6 Å². The van der Waals surface area contributed by atoms with Crippen molar-refractivity contribution in [1.29, 1.82) is 0 Å². The number of hydrogen-bond acceptors (Lipinski definition) is 5. The van der Waals surface area contributed by atoms with E-state index in [0.717, 1.165) is 33.1 Å². The highest BCUT2D eigenvalue weighted by atomic mass is 19.1. The molecule has 1 unspecified atom stereocenters. The molecular formula is C29H24FN5O3. The number of aromatic nitrogens is 3. The molecule has 2 aromatic heterocycles. The maximum Gasteiger partial charge on any atom is 0.252 e. The molecule has 38 heavy (non-hydrogen) atoms. The van der Waals surface area contributed by atoms with Crippen LogP contribution >= 0.6 is 0 Å². The van der Waals surface area contributed by atoms with Crippen molar-refractivity contribution in [2.24, 2.45) is 11.5 Å². The van der Waals surface area contributed by atoms with E-state index in [1.807, 2.05) is 42.5 Å². The quantitative estimate of drug-likeness (QED) is 0.255. The van der Waals surface area contributed by atoms with E-state index in [4.69, 9.17) is 21.2 Å². The number of nitrogens with zero attached hydrogens (tertiary/aromatic N) is 2. The average molecular weight is 510 g/mol. The number of amides is 1. The van der Waals surface area contributed by atoms with Gasteiger partial charge in [-0.15, -0.1) is 0 Å². The van der Waals surface area contributed by atoms with E-state index in [1.165, 1.54) is 12.1 Å². The molecule has 2 heterocycles. The fourth-order valence-electron chi connectivity index (χ4n) is 4.89. The van der Waals surface area contributed by atoms with E-state index in [-0.39, 0.29) is 30.3 Å². The zero-order valence-corrected chi connectivity index (χ0v) is 20.2. The monoisotopic (exact) mass is 509 g/mol. The molecule has 0 aliphatic rings. The minimum atomic E-state index is -0.689. The van der Waals surface area contributed by atoms with Crippen LogP contribution in [0.2, 0.25) is 0 Å². The minimum Gasteiger partial charge on any atom is -0.486 e. The number of imidazole rings is 1. The van der Waals surface area contributed by atoms with Crippen LogP contribution in [0.1, 0.15) is 10.4 Å². The van der Waals surface area contributed by atoms with Crippen molar-refractivity contribution in [2.75, 3.05) is 13.2 Å². The number of H-pyrrole nitrogens is 1. The Morgan fingerprint density at radius 2 is 1.87 bits per heavy atom. The number of carbonyl (C=O) groups excluding carboxylic acids is 1. The zero-order valence-electron chi connectivity index (χ0n) is 20.2. The molecule has 0 saturated heterocycles. The van der Waals surface area contributed by atoms with Crippen LogP contribution in [0.25, 0.3) is 49.9 Å². The number of rotatable bonds is 7. The molecule has 4 aromatic carbocycles. The molecule has 0 aliphatic carbocycles. The van der Waals surface area contributed by atoms with Gasteiger partial charge in [0.15, 0.2) is 0 Å². The molecule has 0 bridgehead atoms. The van der Waals surface area contributed by atoms with Crippen LogP contribution < -0.4 is 16.2 Å². The summed E-state index contributed by atoms with van der Waals surface area (Å²) in [4.78, 5) is 20.1. The van der Waals surface area contributed by atoms with Crippen LogP contribution in [0.15, 0.2) is 78.9 Å². The van der Waals surface area contributed by atoms with Gasteiger partial charge in [-0.2, -0.15) is 0 Å². The number of aromatic amines is 1. The fraction of sp³-hybridized carbons (Fsp3) is 0.103. The highest BCUT2D eigenvalue weighted by molar-refractivity contribution is 6.15. The van der Waals surface area contributed by atoms with Crippen molar-refractivity contribution in [3.05, 3.63) is 90.2 Å². The number of benzene rings is 4. The first-order valence-corrected chi connectivity index (χ1v) is 12.1. The summed E-state index contributed by atoms with van der Waals surface area (Å²) in [6.07, 6.45) is -0.689. The first-order chi connectivity index (χ1) is 18.5. The predicted molar refractivity (Wildman–Crippen MR) is 145 cm³/mol. The van der Waals surface area contributed by atoms with Gasteiger partial charge in [0.05, 0.1) is 34.2 Å². The third-order valence-corrected chi connectivity index (χ3v) is 6.65. The van der Waals surface area contributed by atoms with Gasteiger partial charge in [0.2, 0.25) is 0 Å². The van der Waals surface area contributed by atoms with Crippen LogP contribution in [0.4, 0.5) is 4.39 Å². The molecule has 1 amide bonds. The molecule has 6 rings (SSSR count). The normalized spacial score (nSPS) is 12.4. The van der Waals surface area contributed by atoms with E-state index < -0.39 is 12.0 Å². The molecular weight excluding hydrogens is 485 g/mol. The summed E-state index contributed by atoms with van der Waals surface area (Å²) in [5, 5.41) is 11.5. The van der Waals surface area contributed by atoms with Crippen LogP contribution in [-0.4, -0.2) is 44.8 Å². The van der Waals surface area contributed by atoms with Crippen molar-refractivity contribution in [2.45, 2.75) is 6.10 Å². The Kier molecular flexibility index (Phi) is 5.79. The van der Waals surface area contributed by atoms with Crippen LogP contribution in [0, 0.1) is 5.82 Å². The number of ether oxygens (including phenoxy) is 1. The molecule has 1 atom stereocenters. The maximum atomic E-state index is 13.8. The molecule has 0 fully saturated rings. The fourth-order valence-corrected chi connectivity index (χ4v) is 4.89. The summed E-state index contributed by atoms with van der Waals surface area (Å²) in [5.74, 6) is -0.120. The van der Waals surface area contributed by atoms with Gasteiger partial charge in [-0.1, -0.05) is 30.3 Å². The molecule has 190 valence electrons. The Morgan fingerprint density at radius 1 is 1.05 bits per heavy atom. The maximum absolute atomic E-state index is 13.8. The number of carbonyl (C=O) groups is 1. The number of primary amides is 1. The Hall–Kier alpha value is -4.73. The molecule has 6 N–H and O–H groups in total. The lowest BCUT2D eigenvalue weighted by atomic mass is 10.1. The zero-order chi connectivity index (χ0) is 26.4. The van der Waals surface area contributed by atoms with Gasteiger partial charge in [-0.3, -0.25) is 4.79 Å². The number of nitrogens with one attached hydrogen (secondary N) is 1. The third-order valence-electron chi connectivity index (χ3n) is 6.65. The topological polar surface area (TPSA) is 132 Å². The average Bonchev–Trinajstić information content (AvgIpc) is 3.50. The second-order valence-electron chi connectivity index (χ2n) is 9.00. The number of aliphatic hydroxyl groups excluding tert-OH is 1. The van der Waals surface area contributed by atoms with E-state index in [2.05, 4.69) is 9.55 Å². The van der Waals surface area contributed by atoms with Gasteiger partial charge in [-0.05, 0) is 42.5 Å². The van der Waals surface area contributed by atoms with Gasteiger partial charge in [-0.25, -0.2) is 9.37 Å². The van der Waals surface area contributed by atoms with E-state index in [0.29, 0.717) is 16.9 Å². The summed E-state index contributed by atoms with van der Waals surface area (Å²) in [6.45, 7) is -0.238. The predicted octanol–water partition coefficient (Wildman–Crippen LogP) is 4.26. The number of nitrogens with two attached hydrogens (primary N) is 2. The highest BCUT2D eigenvalue weighted by Gasteiger charge is 2.20. The molecule has 8 nitrogen and oxygen atoms in total. The third kappa shape index (κ3) is 3.85. The number of aliphatic hydroxyl groups is 1. The SMILES string of the molecule is NCC(CO)Oc1cc(-n2c3ccccc3c3c(-c4nc5ccc(F)cc5[nH]4)cccc32)ccc1C(N)=O. The Morgan fingerprint density at radius 3 is 2.66 bits per heavy atom. The Labute approximate surface area is 216 Å². The van der Waals surface area contributed by atoms with Gasteiger partial charge in [0.1, 0.15) is 23.5 Å².